The van der Waals surface area contributed by atoms with Crippen molar-refractivity contribution >= 4 is 31.7 Å². The molecule has 0 bridgehead atoms. The summed E-state index contributed by atoms with van der Waals surface area (Å²) in [6.45, 7) is 2.63. The fourth-order valence-corrected chi connectivity index (χ4v) is 2.41. The summed E-state index contributed by atoms with van der Waals surface area (Å²) in [5.41, 5.74) is 0.366. The molecule has 1 rings (SSSR count). The fourth-order valence-electron chi connectivity index (χ4n) is 1.52. The monoisotopic (exact) mass is 347 g/mol. The summed E-state index contributed by atoms with van der Waals surface area (Å²) in [7, 11) is -3.28. The molecule has 0 fully saturated rings. The van der Waals surface area contributed by atoms with E-state index >= 15 is 0 Å². The van der Waals surface area contributed by atoms with Crippen LogP contribution in [0.4, 0.5) is 0 Å². The molecular weight excluding hydrogens is 330 g/mol. The number of benzene rings is 1. The summed E-state index contributed by atoms with van der Waals surface area (Å²) in [6, 6.07) is 6.06. The summed E-state index contributed by atoms with van der Waals surface area (Å²) in [6.07, 6.45) is 2.97. The Morgan fingerprint density at radius 3 is 2.68 bits per heavy atom. The Labute approximate surface area is 122 Å². The molecule has 1 N–H and O–H groups in total. The van der Waals surface area contributed by atoms with Gasteiger partial charge in [-0.3, -0.25) is 4.79 Å². The number of sulfone groups is 1. The second-order valence-corrected chi connectivity index (χ2v) is 7.66. The quantitative estimate of drug-likeness (QED) is 0.803. The molecule has 0 aliphatic rings. The van der Waals surface area contributed by atoms with Gasteiger partial charge in [-0.1, -0.05) is 28.9 Å². The highest BCUT2D eigenvalue weighted by Crippen LogP contribution is 2.12. The van der Waals surface area contributed by atoms with Gasteiger partial charge in [-0.05, 0) is 31.0 Å². The van der Waals surface area contributed by atoms with Gasteiger partial charge in [0.1, 0.15) is 0 Å². The number of amides is 1. The SMILES string of the molecule is CCC(Br)CCNC(=O)c1cccc(S(C)(=O)=O)c1. The van der Waals surface area contributed by atoms with Gasteiger partial charge in [-0.2, -0.15) is 0 Å². The zero-order valence-corrected chi connectivity index (χ0v) is 13.4. The van der Waals surface area contributed by atoms with Crippen molar-refractivity contribution in [2.75, 3.05) is 12.8 Å². The molecule has 1 aromatic rings. The maximum atomic E-state index is 11.9. The van der Waals surface area contributed by atoms with E-state index in [1.807, 2.05) is 0 Å². The highest BCUT2D eigenvalue weighted by Gasteiger charge is 2.11. The first-order valence-electron chi connectivity index (χ1n) is 6.07. The number of hydrogen-bond donors (Lipinski definition) is 1. The molecule has 1 unspecified atom stereocenters. The van der Waals surface area contributed by atoms with Gasteiger partial charge >= 0.3 is 0 Å². The summed E-state index contributed by atoms with van der Waals surface area (Å²) in [5, 5.41) is 2.78. The Hall–Kier alpha value is -0.880. The van der Waals surface area contributed by atoms with Crippen LogP contribution in [0.15, 0.2) is 29.2 Å². The van der Waals surface area contributed by atoms with E-state index in [1.54, 1.807) is 12.1 Å². The second kappa shape index (κ2) is 7.05. The molecule has 0 radical (unpaired) electrons. The number of halogens is 1. The molecule has 0 saturated heterocycles. The Bertz CT molecular complexity index is 543. The van der Waals surface area contributed by atoms with E-state index in [0.717, 1.165) is 19.1 Å². The molecule has 0 spiro atoms. The molecule has 1 atom stereocenters. The smallest absolute Gasteiger partial charge is 0.251 e. The molecule has 0 aliphatic carbocycles. The average molecular weight is 348 g/mol. The number of carbonyl (C=O) groups excluding carboxylic acids is 1. The number of hydrogen-bond acceptors (Lipinski definition) is 3. The highest BCUT2D eigenvalue weighted by atomic mass is 79.9. The van der Waals surface area contributed by atoms with E-state index in [4.69, 9.17) is 0 Å². The first-order valence-corrected chi connectivity index (χ1v) is 8.87. The largest absolute Gasteiger partial charge is 0.352 e. The van der Waals surface area contributed by atoms with Crippen LogP contribution in [0.1, 0.15) is 30.1 Å². The van der Waals surface area contributed by atoms with Crippen LogP contribution >= 0.6 is 15.9 Å². The van der Waals surface area contributed by atoms with Gasteiger partial charge in [0.15, 0.2) is 9.84 Å². The van der Waals surface area contributed by atoms with Crippen LogP contribution < -0.4 is 5.32 Å². The van der Waals surface area contributed by atoms with Crippen LogP contribution in [0.2, 0.25) is 0 Å². The molecule has 19 heavy (non-hydrogen) atoms. The normalized spacial score (nSPS) is 13.0. The predicted octanol–water partition coefficient (Wildman–Crippen LogP) is 2.38. The lowest BCUT2D eigenvalue weighted by molar-refractivity contribution is 0.0953. The maximum Gasteiger partial charge on any atom is 0.251 e. The average Bonchev–Trinajstić information content (AvgIpc) is 2.37. The van der Waals surface area contributed by atoms with E-state index in [1.165, 1.54) is 12.1 Å². The van der Waals surface area contributed by atoms with Gasteiger partial charge in [0.2, 0.25) is 0 Å². The Morgan fingerprint density at radius 1 is 1.42 bits per heavy atom. The van der Waals surface area contributed by atoms with E-state index in [9.17, 15) is 13.2 Å². The van der Waals surface area contributed by atoms with Crippen molar-refractivity contribution in [2.24, 2.45) is 0 Å². The minimum Gasteiger partial charge on any atom is -0.352 e. The minimum atomic E-state index is -3.28. The van der Waals surface area contributed by atoms with Gasteiger partial charge in [-0.15, -0.1) is 0 Å². The third-order valence-corrected chi connectivity index (χ3v) is 4.93. The molecule has 0 aromatic heterocycles. The number of nitrogens with one attached hydrogen (secondary N) is 1. The highest BCUT2D eigenvalue weighted by molar-refractivity contribution is 9.09. The molecule has 1 aromatic carbocycles. The Kier molecular flexibility index (Phi) is 6.00. The van der Waals surface area contributed by atoms with Gasteiger partial charge < -0.3 is 5.32 Å². The summed E-state index contributed by atoms with van der Waals surface area (Å²) in [5.74, 6) is -0.249. The van der Waals surface area contributed by atoms with E-state index in [0.29, 0.717) is 16.9 Å². The van der Waals surface area contributed by atoms with Gasteiger partial charge in [0.25, 0.3) is 5.91 Å². The van der Waals surface area contributed by atoms with Crippen LogP contribution in [0.25, 0.3) is 0 Å². The van der Waals surface area contributed by atoms with Crippen molar-refractivity contribution in [3.63, 3.8) is 0 Å². The Balaban J connectivity index is 2.68. The van der Waals surface area contributed by atoms with Gasteiger partial charge in [0.05, 0.1) is 4.90 Å². The lowest BCUT2D eigenvalue weighted by Gasteiger charge is -2.09. The number of alkyl halides is 1. The van der Waals surface area contributed by atoms with Gasteiger partial charge in [-0.25, -0.2) is 8.42 Å². The standard InChI is InChI=1S/C13H18BrNO3S/c1-3-11(14)7-8-15-13(16)10-5-4-6-12(9-10)19(2,17)18/h4-6,9,11H,3,7-8H2,1-2H3,(H,15,16). The van der Waals surface area contributed by atoms with Crippen LogP contribution in [0, 0.1) is 0 Å². The van der Waals surface area contributed by atoms with E-state index in [2.05, 4.69) is 28.2 Å². The minimum absolute atomic E-state index is 0.159. The van der Waals surface area contributed by atoms with Crippen LogP contribution in [0.5, 0.6) is 0 Å². The first-order chi connectivity index (χ1) is 8.84. The topological polar surface area (TPSA) is 63.2 Å². The molecule has 0 aliphatic heterocycles. The Morgan fingerprint density at radius 2 is 2.11 bits per heavy atom. The summed E-state index contributed by atoms with van der Waals surface area (Å²) in [4.78, 5) is 12.4. The zero-order valence-electron chi connectivity index (χ0n) is 11.0. The van der Waals surface area contributed by atoms with Crippen LogP contribution in [-0.4, -0.2) is 32.0 Å². The maximum absolute atomic E-state index is 11.9. The van der Waals surface area contributed by atoms with Crippen molar-refractivity contribution in [2.45, 2.75) is 29.5 Å². The van der Waals surface area contributed by atoms with Gasteiger partial charge in [0, 0.05) is 23.2 Å². The first kappa shape index (κ1) is 16.2. The molecular formula is C13H18BrNO3S. The summed E-state index contributed by atoms with van der Waals surface area (Å²) < 4.78 is 22.8. The fraction of sp³-hybridized carbons (Fsp3) is 0.462. The molecule has 6 heteroatoms. The number of carbonyl (C=O) groups is 1. The molecule has 0 saturated carbocycles. The third-order valence-electron chi connectivity index (χ3n) is 2.71. The summed E-state index contributed by atoms with van der Waals surface area (Å²) >= 11 is 3.49. The number of rotatable bonds is 6. The van der Waals surface area contributed by atoms with Crippen molar-refractivity contribution in [1.82, 2.24) is 5.32 Å². The molecule has 1 amide bonds. The zero-order chi connectivity index (χ0) is 14.5. The van der Waals surface area contributed by atoms with Crippen molar-refractivity contribution < 1.29 is 13.2 Å². The molecule has 4 nitrogen and oxygen atoms in total. The molecule has 106 valence electrons. The van der Waals surface area contributed by atoms with Crippen molar-refractivity contribution in [3.05, 3.63) is 29.8 Å². The van der Waals surface area contributed by atoms with Crippen LogP contribution in [0.3, 0.4) is 0 Å². The van der Waals surface area contributed by atoms with Crippen molar-refractivity contribution in [1.29, 1.82) is 0 Å². The lowest BCUT2D eigenvalue weighted by atomic mass is 10.2. The van der Waals surface area contributed by atoms with Crippen LogP contribution in [-0.2, 0) is 9.84 Å². The lowest BCUT2D eigenvalue weighted by Crippen LogP contribution is -2.26. The second-order valence-electron chi connectivity index (χ2n) is 4.35. The molecule has 0 heterocycles. The predicted molar refractivity (Wildman–Crippen MR) is 79.5 cm³/mol. The third kappa shape index (κ3) is 5.32. The van der Waals surface area contributed by atoms with Crippen molar-refractivity contribution in [3.8, 4) is 0 Å². The van der Waals surface area contributed by atoms with E-state index in [-0.39, 0.29) is 10.8 Å². The van der Waals surface area contributed by atoms with E-state index < -0.39 is 9.84 Å².